The molecule has 4 rings (SSSR count). The van der Waals surface area contributed by atoms with Crippen molar-refractivity contribution in [3.8, 4) is 28.6 Å². The van der Waals surface area contributed by atoms with Crippen molar-refractivity contribution in [2.75, 3.05) is 0 Å². The maximum Gasteiger partial charge on any atom is 0.271 e. The molecule has 0 amide bonds. The van der Waals surface area contributed by atoms with Crippen LogP contribution in [0, 0.1) is 23.7 Å². The molecular formula is C20H9FN4. The lowest BCUT2D eigenvalue weighted by molar-refractivity contribution is 0.628. The third-order valence-electron chi connectivity index (χ3n) is 4.06. The zero-order valence-corrected chi connectivity index (χ0v) is 12.9. The molecule has 0 unspecified atom stereocenters. The molecule has 25 heavy (non-hydrogen) atoms. The van der Waals surface area contributed by atoms with E-state index in [1.54, 1.807) is 18.3 Å². The second-order valence-electron chi connectivity index (χ2n) is 5.45. The summed E-state index contributed by atoms with van der Waals surface area (Å²) in [6.07, 6.45) is 1.58. The van der Waals surface area contributed by atoms with Crippen LogP contribution in [-0.2, 0) is 0 Å². The van der Waals surface area contributed by atoms with E-state index in [-0.39, 0.29) is 11.5 Å². The molecule has 0 bridgehead atoms. The van der Waals surface area contributed by atoms with Crippen LogP contribution in [-0.4, -0.2) is 9.97 Å². The Morgan fingerprint density at radius 3 is 2.44 bits per heavy atom. The van der Waals surface area contributed by atoms with Gasteiger partial charge in [0.25, 0.3) is 5.70 Å². The van der Waals surface area contributed by atoms with Gasteiger partial charge in [0.05, 0.1) is 35.9 Å². The maximum absolute atomic E-state index is 13.1. The predicted octanol–water partition coefficient (Wildman–Crippen LogP) is 4.47. The van der Waals surface area contributed by atoms with Crippen molar-refractivity contribution in [2.45, 2.75) is 0 Å². The van der Waals surface area contributed by atoms with Crippen molar-refractivity contribution in [1.29, 1.82) is 5.26 Å². The molecule has 5 heteroatoms. The summed E-state index contributed by atoms with van der Waals surface area (Å²) in [7, 11) is 0. The highest BCUT2D eigenvalue weighted by molar-refractivity contribution is 6.01. The highest BCUT2D eigenvalue weighted by atomic mass is 19.1. The molecule has 0 aliphatic heterocycles. The topological polar surface area (TPSA) is 53.9 Å². The first kappa shape index (κ1) is 14.7. The molecule has 116 valence electrons. The Kier molecular flexibility index (Phi) is 3.34. The van der Waals surface area contributed by atoms with Crippen molar-refractivity contribution in [2.24, 2.45) is 0 Å². The summed E-state index contributed by atoms with van der Waals surface area (Å²) in [5.74, 6) is -0.316. The highest BCUT2D eigenvalue weighted by Gasteiger charge is 2.29. The van der Waals surface area contributed by atoms with E-state index in [0.717, 1.165) is 16.7 Å². The van der Waals surface area contributed by atoms with E-state index < -0.39 is 0 Å². The van der Waals surface area contributed by atoms with Gasteiger partial charge in [-0.2, -0.15) is 0 Å². The van der Waals surface area contributed by atoms with Crippen LogP contribution in [0.5, 0.6) is 0 Å². The van der Waals surface area contributed by atoms with Gasteiger partial charge in [-0.1, -0.05) is 24.3 Å². The van der Waals surface area contributed by atoms with Crippen molar-refractivity contribution < 1.29 is 4.39 Å². The minimum atomic E-state index is -0.316. The number of hydrogen-bond donors (Lipinski definition) is 0. The van der Waals surface area contributed by atoms with E-state index in [4.69, 9.17) is 6.57 Å². The Labute approximate surface area is 143 Å². The largest absolute Gasteiger partial charge is 0.271 e. The molecule has 0 radical (unpaired) electrons. The van der Waals surface area contributed by atoms with Gasteiger partial charge in [0.2, 0.25) is 0 Å². The number of rotatable bonds is 1. The number of hydrogen-bond acceptors (Lipinski definition) is 3. The van der Waals surface area contributed by atoms with Crippen LogP contribution < -0.4 is 0 Å². The van der Waals surface area contributed by atoms with Gasteiger partial charge in [0, 0.05) is 16.7 Å². The van der Waals surface area contributed by atoms with Gasteiger partial charge >= 0.3 is 0 Å². The highest BCUT2D eigenvalue weighted by Crippen LogP contribution is 2.44. The number of aromatic nitrogens is 2. The molecule has 3 aromatic rings. The second kappa shape index (κ2) is 5.67. The van der Waals surface area contributed by atoms with Crippen LogP contribution in [0.15, 0.2) is 60.4 Å². The average molecular weight is 324 g/mol. The molecule has 0 atom stereocenters. The van der Waals surface area contributed by atoms with Crippen LogP contribution >= 0.6 is 0 Å². The molecule has 0 spiro atoms. The molecule has 2 aromatic carbocycles. The first-order chi connectivity index (χ1) is 12.2. The summed E-state index contributed by atoms with van der Waals surface area (Å²) in [6, 6.07) is 15.4. The lowest BCUT2D eigenvalue weighted by Crippen LogP contribution is -1.94. The quantitative estimate of drug-likeness (QED) is 0.383. The number of fused-ring (bicyclic) bond motifs is 3. The molecule has 1 aliphatic rings. The second-order valence-corrected chi connectivity index (χ2v) is 5.45. The van der Waals surface area contributed by atoms with Gasteiger partial charge < -0.3 is 0 Å². The third kappa shape index (κ3) is 2.27. The average Bonchev–Trinajstić information content (AvgIpc) is 2.98. The normalized spacial score (nSPS) is 13.4. The summed E-state index contributed by atoms with van der Waals surface area (Å²) in [5.41, 5.74) is 4.63. The Morgan fingerprint density at radius 1 is 1.04 bits per heavy atom. The summed E-state index contributed by atoms with van der Waals surface area (Å²) in [5, 5.41) is 9.29. The molecule has 1 aromatic heterocycles. The van der Waals surface area contributed by atoms with Crippen LogP contribution in [0.2, 0.25) is 0 Å². The molecular weight excluding hydrogens is 315 g/mol. The Morgan fingerprint density at radius 2 is 1.76 bits per heavy atom. The van der Waals surface area contributed by atoms with E-state index in [0.29, 0.717) is 22.7 Å². The fourth-order valence-corrected chi connectivity index (χ4v) is 2.93. The van der Waals surface area contributed by atoms with E-state index in [9.17, 15) is 9.65 Å². The van der Waals surface area contributed by atoms with Crippen molar-refractivity contribution >= 4 is 5.57 Å². The molecule has 0 saturated heterocycles. The molecule has 0 saturated carbocycles. The third-order valence-corrected chi connectivity index (χ3v) is 4.06. The van der Waals surface area contributed by atoms with Gasteiger partial charge in [-0.15, -0.1) is 0 Å². The number of nitrogens with zero attached hydrogens (tertiary/aromatic N) is 4. The van der Waals surface area contributed by atoms with Crippen molar-refractivity contribution in [1.82, 2.24) is 9.97 Å². The summed E-state index contributed by atoms with van der Waals surface area (Å²) in [4.78, 5) is 12.5. The van der Waals surface area contributed by atoms with Gasteiger partial charge in [-0.05, 0) is 29.8 Å². The van der Waals surface area contributed by atoms with E-state index in [1.807, 2.05) is 30.3 Å². The zero-order valence-electron chi connectivity index (χ0n) is 12.9. The van der Waals surface area contributed by atoms with Crippen LogP contribution in [0.4, 0.5) is 4.39 Å². The summed E-state index contributed by atoms with van der Waals surface area (Å²) in [6.45, 7) is 7.27. The Balaban J connectivity index is 1.98. The van der Waals surface area contributed by atoms with Crippen LogP contribution in [0.1, 0.15) is 11.3 Å². The van der Waals surface area contributed by atoms with Gasteiger partial charge in [0.15, 0.2) is 0 Å². The SMILES string of the molecule is [C-]#[N+]C(C#N)=C1c2ccccc2-c2nc(-c3ccc(F)cc3)cnc21. The molecule has 1 aliphatic carbocycles. The fourth-order valence-electron chi connectivity index (χ4n) is 2.93. The number of nitriles is 1. The summed E-state index contributed by atoms with van der Waals surface area (Å²) < 4.78 is 13.1. The predicted molar refractivity (Wildman–Crippen MR) is 91.1 cm³/mol. The maximum atomic E-state index is 13.1. The molecule has 1 heterocycles. The Hall–Kier alpha value is -3.83. The minimum absolute atomic E-state index is 0.00460. The first-order valence-electron chi connectivity index (χ1n) is 7.48. The standard InChI is InChI=1S/C20H9FN4/c1-23-16(10-22)18-14-4-2-3-5-15(14)19-20(18)24-11-17(25-19)12-6-8-13(21)9-7-12/h2-9,11H. The molecule has 0 N–H and O–H groups in total. The Bertz CT molecular complexity index is 1100. The van der Waals surface area contributed by atoms with Gasteiger partial charge in [-0.3, -0.25) is 4.98 Å². The van der Waals surface area contributed by atoms with E-state index >= 15 is 0 Å². The summed E-state index contributed by atoms with van der Waals surface area (Å²) >= 11 is 0. The fraction of sp³-hybridized carbons (Fsp3) is 0. The molecule has 4 nitrogen and oxygen atoms in total. The number of allylic oxidation sites excluding steroid dienone is 1. The minimum Gasteiger partial charge on any atom is -0.253 e. The lowest BCUT2D eigenvalue weighted by atomic mass is 10.0. The van der Waals surface area contributed by atoms with Crippen molar-refractivity contribution in [3.05, 3.63) is 88.9 Å². The van der Waals surface area contributed by atoms with Crippen LogP contribution in [0.3, 0.4) is 0 Å². The molecule has 0 fully saturated rings. The van der Waals surface area contributed by atoms with Crippen molar-refractivity contribution in [3.63, 3.8) is 0 Å². The number of benzene rings is 2. The first-order valence-corrected chi connectivity index (χ1v) is 7.48. The van der Waals surface area contributed by atoms with E-state index in [2.05, 4.69) is 14.8 Å². The lowest BCUT2D eigenvalue weighted by Gasteiger charge is -2.05. The van der Waals surface area contributed by atoms with Gasteiger partial charge in [-0.25, -0.2) is 19.5 Å². The van der Waals surface area contributed by atoms with E-state index in [1.165, 1.54) is 12.1 Å². The number of halogens is 1. The monoisotopic (exact) mass is 324 g/mol. The smallest absolute Gasteiger partial charge is 0.253 e. The zero-order chi connectivity index (χ0) is 17.4. The van der Waals surface area contributed by atoms with Gasteiger partial charge in [0.1, 0.15) is 5.82 Å². The van der Waals surface area contributed by atoms with Crippen LogP contribution in [0.25, 0.3) is 32.9 Å².